The van der Waals surface area contributed by atoms with Gasteiger partial charge in [-0.25, -0.2) is 0 Å². The molecular formula is C18H21F3N4. The Morgan fingerprint density at radius 2 is 1.72 bits per heavy atom. The number of alkyl halides is 3. The minimum atomic E-state index is -4.31. The molecule has 0 atom stereocenters. The van der Waals surface area contributed by atoms with Crippen molar-refractivity contribution < 1.29 is 13.2 Å². The molecule has 1 aromatic carbocycles. The monoisotopic (exact) mass is 350 g/mol. The first-order chi connectivity index (χ1) is 11.9. The van der Waals surface area contributed by atoms with Crippen LogP contribution in [0.3, 0.4) is 0 Å². The third kappa shape index (κ3) is 6.10. The molecule has 0 saturated heterocycles. The number of halogens is 3. The first-order valence-electron chi connectivity index (χ1n) is 7.90. The van der Waals surface area contributed by atoms with E-state index in [1.165, 1.54) is 12.1 Å². The van der Waals surface area contributed by atoms with Gasteiger partial charge in [-0.3, -0.25) is 9.98 Å². The van der Waals surface area contributed by atoms with Crippen molar-refractivity contribution in [3.05, 3.63) is 65.0 Å². The predicted octanol–water partition coefficient (Wildman–Crippen LogP) is 3.32. The predicted molar refractivity (Wildman–Crippen MR) is 92.3 cm³/mol. The molecule has 1 aromatic heterocycles. The van der Waals surface area contributed by atoms with Gasteiger partial charge in [-0.1, -0.05) is 18.2 Å². The number of hydrogen-bond donors (Lipinski definition) is 2. The smallest absolute Gasteiger partial charge is 0.356 e. The first-order valence-corrected chi connectivity index (χ1v) is 7.90. The van der Waals surface area contributed by atoms with E-state index in [-0.39, 0.29) is 0 Å². The molecule has 0 aliphatic carbocycles. The van der Waals surface area contributed by atoms with Gasteiger partial charge < -0.3 is 10.6 Å². The largest absolute Gasteiger partial charge is 0.416 e. The van der Waals surface area contributed by atoms with Gasteiger partial charge in [0, 0.05) is 32.0 Å². The fraction of sp³-hybridized carbons (Fsp3) is 0.333. The summed E-state index contributed by atoms with van der Waals surface area (Å²) in [5.74, 6) is 0.597. The molecule has 0 aliphatic rings. The van der Waals surface area contributed by atoms with E-state index < -0.39 is 11.7 Å². The number of aliphatic imine (C=N–C) groups is 1. The van der Waals surface area contributed by atoms with Crippen LogP contribution in [0, 0.1) is 6.92 Å². The van der Waals surface area contributed by atoms with Gasteiger partial charge >= 0.3 is 6.18 Å². The van der Waals surface area contributed by atoms with Gasteiger partial charge in [0.2, 0.25) is 0 Å². The molecule has 0 radical (unpaired) electrons. The lowest BCUT2D eigenvalue weighted by molar-refractivity contribution is -0.137. The molecule has 2 N–H and O–H groups in total. The number of benzene rings is 1. The van der Waals surface area contributed by atoms with Crippen LogP contribution in [-0.4, -0.2) is 24.5 Å². The molecule has 2 aromatic rings. The summed E-state index contributed by atoms with van der Waals surface area (Å²) in [5, 5.41) is 6.25. The van der Waals surface area contributed by atoms with Crippen molar-refractivity contribution in [3.8, 4) is 0 Å². The van der Waals surface area contributed by atoms with Gasteiger partial charge in [0.25, 0.3) is 0 Å². The van der Waals surface area contributed by atoms with Crippen molar-refractivity contribution in [1.82, 2.24) is 15.6 Å². The number of rotatable bonds is 5. The topological polar surface area (TPSA) is 49.3 Å². The van der Waals surface area contributed by atoms with Crippen LogP contribution < -0.4 is 10.6 Å². The van der Waals surface area contributed by atoms with Crippen LogP contribution in [0.2, 0.25) is 0 Å². The second-order valence-corrected chi connectivity index (χ2v) is 5.61. The molecule has 134 valence electrons. The molecule has 2 rings (SSSR count). The fourth-order valence-corrected chi connectivity index (χ4v) is 2.19. The molecule has 0 spiro atoms. The Hall–Kier alpha value is -2.57. The fourth-order valence-electron chi connectivity index (χ4n) is 2.19. The van der Waals surface area contributed by atoms with Gasteiger partial charge in [0.05, 0.1) is 5.56 Å². The minimum Gasteiger partial charge on any atom is -0.356 e. The summed E-state index contributed by atoms with van der Waals surface area (Å²) < 4.78 is 37.6. The van der Waals surface area contributed by atoms with E-state index in [1.807, 2.05) is 25.3 Å². The van der Waals surface area contributed by atoms with Gasteiger partial charge in [0.15, 0.2) is 5.96 Å². The average Bonchev–Trinajstić information content (AvgIpc) is 2.59. The van der Waals surface area contributed by atoms with Crippen LogP contribution in [0.25, 0.3) is 0 Å². The maximum Gasteiger partial charge on any atom is 0.416 e. The molecule has 0 aliphatic heterocycles. The standard InChI is InChI=1S/C18H21F3N4/c1-13-3-4-15(11-24-13)9-10-23-17(22-2)25-12-14-5-7-16(8-6-14)18(19,20)21/h3-8,11H,9-10,12H2,1-2H3,(H2,22,23,25). The zero-order valence-electron chi connectivity index (χ0n) is 14.2. The maximum atomic E-state index is 12.5. The molecule has 25 heavy (non-hydrogen) atoms. The average molecular weight is 350 g/mol. The van der Waals surface area contributed by atoms with Crippen molar-refractivity contribution in [1.29, 1.82) is 0 Å². The molecule has 0 unspecified atom stereocenters. The van der Waals surface area contributed by atoms with E-state index in [1.54, 1.807) is 7.05 Å². The Labute approximate surface area is 145 Å². The third-order valence-corrected chi connectivity index (χ3v) is 3.64. The van der Waals surface area contributed by atoms with Crippen molar-refractivity contribution in [2.24, 2.45) is 4.99 Å². The third-order valence-electron chi connectivity index (χ3n) is 3.64. The molecule has 0 saturated carbocycles. The Morgan fingerprint density at radius 3 is 2.28 bits per heavy atom. The summed E-state index contributed by atoms with van der Waals surface area (Å²) in [6.45, 7) is 3.01. The number of hydrogen-bond acceptors (Lipinski definition) is 2. The lowest BCUT2D eigenvalue weighted by Gasteiger charge is -2.12. The number of guanidine groups is 1. The van der Waals surface area contributed by atoms with Crippen LogP contribution >= 0.6 is 0 Å². The summed E-state index contributed by atoms with van der Waals surface area (Å²) >= 11 is 0. The summed E-state index contributed by atoms with van der Waals surface area (Å²) in [6, 6.07) is 9.08. The molecule has 0 bridgehead atoms. The Morgan fingerprint density at radius 1 is 1.04 bits per heavy atom. The Kier molecular flexibility index (Phi) is 6.38. The quantitative estimate of drug-likeness (QED) is 0.642. The van der Waals surface area contributed by atoms with Gasteiger partial charge in [-0.15, -0.1) is 0 Å². The number of nitrogens with one attached hydrogen (secondary N) is 2. The van der Waals surface area contributed by atoms with E-state index >= 15 is 0 Å². The van der Waals surface area contributed by atoms with Gasteiger partial charge in [-0.2, -0.15) is 13.2 Å². The highest BCUT2D eigenvalue weighted by atomic mass is 19.4. The number of pyridine rings is 1. The highest BCUT2D eigenvalue weighted by Crippen LogP contribution is 2.28. The summed E-state index contributed by atoms with van der Waals surface area (Å²) in [5.41, 5.74) is 2.20. The molecule has 1 heterocycles. The highest BCUT2D eigenvalue weighted by molar-refractivity contribution is 5.79. The zero-order valence-corrected chi connectivity index (χ0v) is 14.2. The van der Waals surface area contributed by atoms with E-state index in [4.69, 9.17) is 0 Å². The molecular weight excluding hydrogens is 329 g/mol. The first kappa shape index (κ1) is 18.8. The summed E-state index contributed by atoms with van der Waals surface area (Å²) in [7, 11) is 1.65. The lowest BCUT2D eigenvalue weighted by atomic mass is 10.1. The van der Waals surface area contributed by atoms with Crippen molar-refractivity contribution in [2.45, 2.75) is 26.1 Å². The highest BCUT2D eigenvalue weighted by Gasteiger charge is 2.29. The van der Waals surface area contributed by atoms with E-state index in [9.17, 15) is 13.2 Å². The summed E-state index contributed by atoms with van der Waals surface area (Å²) in [4.78, 5) is 8.35. The van der Waals surface area contributed by atoms with Crippen molar-refractivity contribution in [3.63, 3.8) is 0 Å². The molecule has 7 heteroatoms. The molecule has 4 nitrogen and oxygen atoms in total. The maximum absolute atomic E-state index is 12.5. The second-order valence-electron chi connectivity index (χ2n) is 5.61. The summed E-state index contributed by atoms with van der Waals surface area (Å²) in [6.07, 6.45) is -1.67. The Bertz CT molecular complexity index is 692. The lowest BCUT2D eigenvalue weighted by Crippen LogP contribution is -2.37. The van der Waals surface area contributed by atoms with Crippen LogP contribution in [-0.2, 0) is 19.1 Å². The number of aromatic nitrogens is 1. The molecule has 0 fully saturated rings. The zero-order chi connectivity index (χ0) is 18.3. The molecule has 0 amide bonds. The van der Waals surface area contributed by atoms with E-state index in [0.29, 0.717) is 19.0 Å². The number of nitrogens with zero attached hydrogens (tertiary/aromatic N) is 2. The van der Waals surface area contributed by atoms with Crippen molar-refractivity contribution in [2.75, 3.05) is 13.6 Å². The Balaban J connectivity index is 1.79. The van der Waals surface area contributed by atoms with E-state index in [2.05, 4.69) is 20.6 Å². The van der Waals surface area contributed by atoms with Gasteiger partial charge in [-0.05, 0) is 42.7 Å². The normalized spacial score (nSPS) is 12.1. The van der Waals surface area contributed by atoms with Gasteiger partial charge in [0.1, 0.15) is 0 Å². The SMILES string of the molecule is CN=C(NCCc1ccc(C)nc1)NCc1ccc(C(F)(F)F)cc1. The second kappa shape index (κ2) is 8.50. The van der Waals surface area contributed by atoms with Crippen LogP contribution in [0.15, 0.2) is 47.6 Å². The van der Waals surface area contributed by atoms with Crippen LogP contribution in [0.5, 0.6) is 0 Å². The minimum absolute atomic E-state index is 0.393. The van der Waals surface area contributed by atoms with Crippen LogP contribution in [0.4, 0.5) is 13.2 Å². The van der Waals surface area contributed by atoms with Crippen LogP contribution in [0.1, 0.15) is 22.4 Å². The number of aryl methyl sites for hydroxylation is 1. The van der Waals surface area contributed by atoms with Crippen molar-refractivity contribution >= 4 is 5.96 Å². The van der Waals surface area contributed by atoms with E-state index in [0.717, 1.165) is 35.4 Å².